The zero-order valence-corrected chi connectivity index (χ0v) is 18.0. The van der Waals surface area contributed by atoms with Crippen molar-refractivity contribution in [2.75, 3.05) is 13.2 Å². The Hall–Kier alpha value is -1.07. The van der Waals surface area contributed by atoms with E-state index in [1.165, 1.54) is 0 Å². The lowest BCUT2D eigenvalue weighted by Gasteiger charge is -2.40. The van der Waals surface area contributed by atoms with Gasteiger partial charge in [-0.1, -0.05) is 19.9 Å². The molecule has 1 aromatic heterocycles. The lowest BCUT2D eigenvalue weighted by molar-refractivity contribution is -0.157. The van der Waals surface area contributed by atoms with Crippen LogP contribution >= 0.6 is 0 Å². The maximum Gasteiger partial charge on any atom is 0.312 e. The molecule has 1 aliphatic rings. The van der Waals surface area contributed by atoms with Crippen LogP contribution in [-0.4, -0.2) is 50.0 Å². The summed E-state index contributed by atoms with van der Waals surface area (Å²) >= 11 is 0. The summed E-state index contributed by atoms with van der Waals surface area (Å²) in [4.78, 5) is 17.0. The highest BCUT2D eigenvalue weighted by Crippen LogP contribution is 2.49. The minimum atomic E-state index is -0.427. The molecule has 4 radical (unpaired) electrons. The van der Waals surface area contributed by atoms with Crippen molar-refractivity contribution in [3.8, 4) is 0 Å². The molecule has 1 aromatic rings. The molecule has 142 valence electrons. The number of pyridine rings is 1. The summed E-state index contributed by atoms with van der Waals surface area (Å²) in [6.45, 7) is 10.7. The number of hydrogen-bond donors (Lipinski definition) is 0. The van der Waals surface area contributed by atoms with E-state index in [1.807, 2.05) is 32.2 Å². The topological polar surface area (TPSA) is 66.9 Å². The fourth-order valence-electron chi connectivity index (χ4n) is 3.39. The molecule has 0 spiro atoms. The molecule has 6 nitrogen and oxygen atoms in total. The van der Waals surface area contributed by atoms with Crippen molar-refractivity contribution in [3.63, 3.8) is 0 Å². The van der Waals surface area contributed by atoms with Crippen molar-refractivity contribution in [1.82, 2.24) is 4.98 Å². The molecule has 3 atom stereocenters. The van der Waals surface area contributed by atoms with Crippen LogP contribution < -0.4 is 0 Å². The maximum atomic E-state index is 12.8. The molecule has 0 N–H and O–H groups in total. The summed E-state index contributed by atoms with van der Waals surface area (Å²) < 4.78 is 23.2. The number of aromatic nitrogens is 1. The molecule has 1 saturated heterocycles. The van der Waals surface area contributed by atoms with E-state index >= 15 is 0 Å². The summed E-state index contributed by atoms with van der Waals surface area (Å²) in [6, 6.07) is 3.79. The Morgan fingerprint density at radius 3 is 2.62 bits per heavy atom. The van der Waals surface area contributed by atoms with Gasteiger partial charge in [0.25, 0.3) is 0 Å². The van der Waals surface area contributed by atoms with E-state index in [1.54, 1.807) is 12.4 Å². The van der Waals surface area contributed by atoms with Gasteiger partial charge in [0.05, 0.1) is 25.2 Å². The molecule has 0 aromatic carbocycles. The van der Waals surface area contributed by atoms with Gasteiger partial charge in [0.15, 0.2) is 0 Å². The predicted molar refractivity (Wildman–Crippen MR) is 99.5 cm³/mol. The quantitative estimate of drug-likeness (QED) is 0.365. The summed E-state index contributed by atoms with van der Waals surface area (Å²) in [5, 5.41) is 0. The zero-order chi connectivity index (χ0) is 19.2. The first kappa shape index (κ1) is 21.2. The van der Waals surface area contributed by atoms with E-state index in [2.05, 4.69) is 18.8 Å². The Morgan fingerprint density at radius 2 is 2.08 bits per heavy atom. The maximum absolute atomic E-state index is 12.8. The smallest absolute Gasteiger partial charge is 0.312 e. The average molecular weight is 394 g/mol. The van der Waals surface area contributed by atoms with Gasteiger partial charge in [0, 0.05) is 23.7 Å². The van der Waals surface area contributed by atoms with Crippen LogP contribution in [0, 0.1) is 17.3 Å². The Kier molecular flexibility index (Phi) is 7.96. The van der Waals surface area contributed by atoms with Gasteiger partial charge >= 0.3 is 5.97 Å². The fourth-order valence-corrected chi connectivity index (χ4v) is 4.62. The van der Waals surface area contributed by atoms with E-state index in [9.17, 15) is 4.79 Å². The number of carbonyl (C=O) groups excluding carboxylic acids is 1. The normalized spacial score (nSPS) is 23.4. The Morgan fingerprint density at radius 1 is 1.38 bits per heavy atom. The highest BCUT2D eigenvalue weighted by molar-refractivity contribution is 6.26. The first-order valence-corrected chi connectivity index (χ1v) is 11.6. The van der Waals surface area contributed by atoms with Crippen LogP contribution in [0.5, 0.6) is 0 Å². The standard InChI is InChI=1S/C18H27NO5Si2/c1-6-21-16(20)14-13(18(2,3)17(23-25-4)24-26-5)11-22-15(14)12-8-7-9-19-10-12/h7-10,13-15,17H,6,11H2,1-5H3. The SMILES string of the molecule is CCOC(=O)C1C(c2cccnc2)OCC1C(C)(C)C(O[Si]C)O[Si]C. The van der Waals surface area contributed by atoms with Crippen molar-refractivity contribution in [2.45, 2.75) is 46.3 Å². The zero-order valence-electron chi connectivity index (χ0n) is 16.0. The molecule has 8 heteroatoms. The van der Waals surface area contributed by atoms with Crippen LogP contribution in [0.2, 0.25) is 13.1 Å². The van der Waals surface area contributed by atoms with Gasteiger partial charge in [-0.2, -0.15) is 0 Å². The molecule has 2 heterocycles. The highest BCUT2D eigenvalue weighted by Gasteiger charge is 2.53. The van der Waals surface area contributed by atoms with Crippen molar-refractivity contribution < 1.29 is 23.1 Å². The Balaban J connectivity index is 2.34. The second-order valence-corrected chi connectivity index (χ2v) is 8.01. The first-order chi connectivity index (χ1) is 12.5. The van der Waals surface area contributed by atoms with Crippen LogP contribution in [0.3, 0.4) is 0 Å². The van der Waals surface area contributed by atoms with Crippen molar-refractivity contribution in [2.24, 2.45) is 17.3 Å². The molecular formula is C18H27NO5Si2. The van der Waals surface area contributed by atoms with Crippen LogP contribution in [-0.2, 0) is 23.1 Å². The molecule has 0 saturated carbocycles. The molecule has 2 rings (SSSR count). The van der Waals surface area contributed by atoms with Crippen LogP contribution in [0.15, 0.2) is 24.5 Å². The Bertz CT molecular complexity index is 566. The summed E-state index contributed by atoms with van der Waals surface area (Å²) in [6.07, 6.45) is 2.69. The van der Waals surface area contributed by atoms with Gasteiger partial charge in [-0.3, -0.25) is 9.78 Å². The summed E-state index contributed by atoms with van der Waals surface area (Å²) in [7, 11) is 0.607. The van der Waals surface area contributed by atoms with Crippen molar-refractivity contribution >= 4 is 25.5 Å². The van der Waals surface area contributed by atoms with Gasteiger partial charge in [-0.15, -0.1) is 0 Å². The van der Waals surface area contributed by atoms with Gasteiger partial charge in [-0.05, 0) is 31.6 Å². The first-order valence-electron chi connectivity index (χ1n) is 8.80. The summed E-state index contributed by atoms with van der Waals surface area (Å²) in [5.74, 6) is -0.762. The van der Waals surface area contributed by atoms with Gasteiger partial charge in [0.2, 0.25) is 19.5 Å². The van der Waals surface area contributed by atoms with E-state index in [0.29, 0.717) is 32.7 Å². The van der Waals surface area contributed by atoms with Gasteiger partial charge in [-0.25, -0.2) is 0 Å². The molecule has 26 heavy (non-hydrogen) atoms. The minimum Gasteiger partial charge on any atom is -0.466 e. The molecular weight excluding hydrogens is 366 g/mol. The third kappa shape index (κ3) is 4.61. The molecule has 1 aliphatic heterocycles. The second kappa shape index (κ2) is 9.75. The van der Waals surface area contributed by atoms with E-state index in [0.717, 1.165) is 5.56 Å². The fraction of sp³-hybridized carbons (Fsp3) is 0.667. The van der Waals surface area contributed by atoms with Crippen LogP contribution in [0.1, 0.15) is 32.4 Å². The molecule has 0 bridgehead atoms. The Labute approximate surface area is 160 Å². The van der Waals surface area contributed by atoms with Gasteiger partial charge < -0.3 is 18.3 Å². The largest absolute Gasteiger partial charge is 0.466 e. The van der Waals surface area contributed by atoms with Crippen molar-refractivity contribution in [1.29, 1.82) is 0 Å². The number of nitrogens with zero attached hydrogens (tertiary/aromatic N) is 1. The van der Waals surface area contributed by atoms with E-state index in [4.69, 9.17) is 18.3 Å². The van der Waals surface area contributed by atoms with Crippen LogP contribution in [0.4, 0.5) is 0 Å². The number of rotatable bonds is 9. The molecule has 0 amide bonds. The van der Waals surface area contributed by atoms with E-state index in [-0.39, 0.29) is 18.0 Å². The second-order valence-electron chi connectivity index (χ2n) is 6.72. The van der Waals surface area contributed by atoms with Crippen LogP contribution in [0.25, 0.3) is 0 Å². The number of hydrogen-bond acceptors (Lipinski definition) is 6. The van der Waals surface area contributed by atoms with Gasteiger partial charge in [0.1, 0.15) is 6.29 Å². The monoisotopic (exact) mass is 393 g/mol. The summed E-state index contributed by atoms with van der Waals surface area (Å²) in [5.41, 5.74) is 0.470. The third-order valence-electron chi connectivity index (χ3n) is 4.80. The number of esters is 1. The highest BCUT2D eigenvalue weighted by atomic mass is 28.2. The number of ether oxygens (including phenoxy) is 2. The number of carbonyl (C=O) groups is 1. The molecule has 0 aliphatic carbocycles. The lowest BCUT2D eigenvalue weighted by Crippen LogP contribution is -2.46. The average Bonchev–Trinajstić information content (AvgIpc) is 3.08. The van der Waals surface area contributed by atoms with Crippen molar-refractivity contribution in [3.05, 3.63) is 30.1 Å². The molecule has 1 fully saturated rings. The molecule has 3 unspecified atom stereocenters. The van der Waals surface area contributed by atoms with E-state index < -0.39 is 17.6 Å². The lowest BCUT2D eigenvalue weighted by atomic mass is 9.70. The predicted octanol–water partition coefficient (Wildman–Crippen LogP) is 2.67. The minimum absolute atomic E-state index is 0.0931. The third-order valence-corrected chi connectivity index (χ3v) is 5.70.